The molecule has 1 aromatic rings. The van der Waals surface area contributed by atoms with Crippen molar-refractivity contribution in [2.75, 3.05) is 13.1 Å². The molecular weight excluding hydrogens is 336 g/mol. The van der Waals surface area contributed by atoms with Crippen LogP contribution in [0.2, 0.25) is 0 Å². The van der Waals surface area contributed by atoms with Crippen LogP contribution in [-0.4, -0.2) is 44.3 Å². The summed E-state index contributed by atoms with van der Waals surface area (Å²) in [5.41, 5.74) is 0.286. The number of hydrogen-bond donors (Lipinski definition) is 3. The van der Waals surface area contributed by atoms with Crippen LogP contribution in [0.25, 0.3) is 0 Å². The number of ketones is 1. The zero-order valence-electron chi connectivity index (χ0n) is 13.2. The molecule has 0 radical (unpaired) electrons. The zero-order chi connectivity index (χ0) is 18.2. The van der Waals surface area contributed by atoms with Crippen molar-refractivity contribution in [2.24, 2.45) is 0 Å². The van der Waals surface area contributed by atoms with Crippen molar-refractivity contribution in [2.45, 2.75) is 31.1 Å². The first-order chi connectivity index (χ1) is 11.2. The monoisotopic (exact) mass is 356 g/mol. The van der Waals surface area contributed by atoms with Crippen LogP contribution >= 0.6 is 0 Å². The van der Waals surface area contributed by atoms with Crippen molar-refractivity contribution in [1.29, 1.82) is 0 Å². The van der Waals surface area contributed by atoms with Crippen molar-refractivity contribution >= 4 is 27.7 Å². The summed E-state index contributed by atoms with van der Waals surface area (Å²) >= 11 is 0. The van der Waals surface area contributed by atoms with Gasteiger partial charge in [0.15, 0.2) is 5.78 Å². The summed E-state index contributed by atoms with van der Waals surface area (Å²) in [5.74, 6) is -1.56. The molecule has 1 rings (SSSR count). The van der Waals surface area contributed by atoms with Crippen molar-refractivity contribution in [3.63, 3.8) is 0 Å². The van der Waals surface area contributed by atoms with Crippen LogP contribution in [0.3, 0.4) is 0 Å². The number of benzene rings is 1. The SMILES string of the molecule is CC(=O)c1cccc(S(=O)(=O)NCCC(=O)NCCCC(=O)O)c1. The lowest BCUT2D eigenvalue weighted by Gasteiger charge is -2.08. The van der Waals surface area contributed by atoms with E-state index in [4.69, 9.17) is 5.11 Å². The number of Topliss-reactive ketones (excluding diaryl/α,β-unsaturated/α-hetero) is 1. The smallest absolute Gasteiger partial charge is 0.303 e. The fourth-order valence-corrected chi connectivity index (χ4v) is 2.90. The third kappa shape index (κ3) is 6.88. The highest BCUT2D eigenvalue weighted by atomic mass is 32.2. The number of carboxylic acid groups (broad SMARTS) is 1. The molecule has 0 atom stereocenters. The Hall–Kier alpha value is -2.26. The molecule has 0 aromatic heterocycles. The molecule has 0 aliphatic heterocycles. The van der Waals surface area contributed by atoms with Crippen LogP contribution < -0.4 is 10.0 Å². The predicted molar refractivity (Wildman–Crippen MR) is 86.1 cm³/mol. The number of carbonyl (C=O) groups is 3. The van der Waals surface area contributed by atoms with E-state index in [1.807, 2.05) is 0 Å². The first-order valence-corrected chi connectivity index (χ1v) is 8.80. The molecule has 0 unspecified atom stereocenters. The van der Waals surface area contributed by atoms with Gasteiger partial charge in [0, 0.05) is 31.5 Å². The van der Waals surface area contributed by atoms with Gasteiger partial charge in [0.1, 0.15) is 0 Å². The van der Waals surface area contributed by atoms with Gasteiger partial charge >= 0.3 is 5.97 Å². The number of carboxylic acids is 1. The summed E-state index contributed by atoms with van der Waals surface area (Å²) in [7, 11) is -3.81. The normalized spacial score (nSPS) is 11.0. The molecule has 132 valence electrons. The highest BCUT2D eigenvalue weighted by Gasteiger charge is 2.15. The van der Waals surface area contributed by atoms with Gasteiger partial charge in [-0.2, -0.15) is 0 Å². The Balaban J connectivity index is 2.46. The van der Waals surface area contributed by atoms with Crippen LogP contribution in [0, 0.1) is 0 Å². The molecule has 1 amide bonds. The fraction of sp³-hybridized carbons (Fsp3) is 0.400. The molecule has 8 nitrogen and oxygen atoms in total. The van der Waals surface area contributed by atoms with Gasteiger partial charge in [0.2, 0.25) is 15.9 Å². The lowest BCUT2D eigenvalue weighted by atomic mass is 10.2. The van der Waals surface area contributed by atoms with E-state index >= 15 is 0 Å². The second-order valence-electron chi connectivity index (χ2n) is 5.08. The maximum atomic E-state index is 12.1. The lowest BCUT2D eigenvalue weighted by Crippen LogP contribution is -2.31. The molecule has 0 aliphatic carbocycles. The van der Waals surface area contributed by atoms with Gasteiger partial charge < -0.3 is 10.4 Å². The molecule has 0 heterocycles. The van der Waals surface area contributed by atoms with E-state index in [2.05, 4.69) is 10.0 Å². The minimum atomic E-state index is -3.81. The van der Waals surface area contributed by atoms with E-state index < -0.39 is 16.0 Å². The van der Waals surface area contributed by atoms with Crippen molar-refractivity contribution < 1.29 is 27.9 Å². The largest absolute Gasteiger partial charge is 0.481 e. The van der Waals surface area contributed by atoms with Crippen molar-refractivity contribution in [3.05, 3.63) is 29.8 Å². The van der Waals surface area contributed by atoms with E-state index in [9.17, 15) is 22.8 Å². The highest BCUT2D eigenvalue weighted by Crippen LogP contribution is 2.11. The Morgan fingerprint density at radius 2 is 1.83 bits per heavy atom. The second-order valence-corrected chi connectivity index (χ2v) is 6.85. The van der Waals surface area contributed by atoms with E-state index in [-0.39, 0.29) is 48.1 Å². The van der Waals surface area contributed by atoms with Gasteiger partial charge in [-0.25, -0.2) is 13.1 Å². The quantitative estimate of drug-likeness (QED) is 0.414. The van der Waals surface area contributed by atoms with Crippen LogP contribution in [0.5, 0.6) is 0 Å². The van der Waals surface area contributed by atoms with E-state index in [0.717, 1.165) is 0 Å². The molecule has 1 aromatic carbocycles. The molecule has 0 saturated carbocycles. The topological polar surface area (TPSA) is 130 Å². The number of amides is 1. The number of carbonyl (C=O) groups excluding carboxylic acids is 2. The van der Waals surface area contributed by atoms with Crippen molar-refractivity contribution in [1.82, 2.24) is 10.0 Å². The van der Waals surface area contributed by atoms with E-state index in [0.29, 0.717) is 6.42 Å². The highest BCUT2D eigenvalue weighted by molar-refractivity contribution is 7.89. The fourth-order valence-electron chi connectivity index (χ4n) is 1.82. The maximum absolute atomic E-state index is 12.1. The van der Waals surface area contributed by atoms with Crippen LogP contribution in [0.4, 0.5) is 0 Å². The third-order valence-corrected chi connectivity index (χ3v) is 4.54. The summed E-state index contributed by atoms with van der Waals surface area (Å²) in [6.45, 7) is 1.46. The first-order valence-electron chi connectivity index (χ1n) is 7.31. The van der Waals surface area contributed by atoms with Gasteiger partial charge in [-0.3, -0.25) is 14.4 Å². The number of aliphatic carboxylic acids is 1. The Bertz CT molecular complexity index is 714. The maximum Gasteiger partial charge on any atom is 0.303 e. The molecule has 0 spiro atoms. The molecule has 0 saturated heterocycles. The van der Waals surface area contributed by atoms with E-state index in [1.54, 1.807) is 0 Å². The van der Waals surface area contributed by atoms with Gasteiger partial charge in [-0.05, 0) is 25.5 Å². The molecule has 24 heavy (non-hydrogen) atoms. The lowest BCUT2D eigenvalue weighted by molar-refractivity contribution is -0.137. The minimum Gasteiger partial charge on any atom is -0.481 e. The van der Waals surface area contributed by atoms with Gasteiger partial charge in [0.05, 0.1) is 4.90 Å². The number of rotatable bonds is 10. The Morgan fingerprint density at radius 3 is 2.46 bits per heavy atom. The minimum absolute atomic E-state index is 0.0423. The van der Waals surface area contributed by atoms with Crippen LogP contribution in [0.15, 0.2) is 29.2 Å². The summed E-state index contributed by atoms with van der Waals surface area (Å²) in [6, 6.07) is 5.63. The summed E-state index contributed by atoms with van der Waals surface area (Å²) in [5, 5.41) is 11.0. The molecule has 3 N–H and O–H groups in total. The summed E-state index contributed by atoms with van der Waals surface area (Å²) in [6.07, 6.45) is 0.197. The van der Waals surface area contributed by atoms with Crippen LogP contribution in [0.1, 0.15) is 36.5 Å². The average Bonchev–Trinajstić information content (AvgIpc) is 2.51. The van der Waals surface area contributed by atoms with Gasteiger partial charge in [0.25, 0.3) is 0 Å². The van der Waals surface area contributed by atoms with E-state index in [1.165, 1.54) is 31.2 Å². The predicted octanol–water partition coefficient (Wildman–Crippen LogP) is 0.539. The third-order valence-electron chi connectivity index (χ3n) is 3.08. The second kappa shape index (κ2) is 9.14. The van der Waals surface area contributed by atoms with Crippen LogP contribution in [-0.2, 0) is 19.6 Å². The summed E-state index contributed by atoms with van der Waals surface area (Å²) < 4.78 is 26.5. The zero-order valence-corrected chi connectivity index (χ0v) is 14.1. The molecular formula is C15H20N2O6S. The number of nitrogens with one attached hydrogen (secondary N) is 2. The molecule has 9 heteroatoms. The molecule has 0 aliphatic rings. The van der Waals surface area contributed by atoms with Gasteiger partial charge in [-0.1, -0.05) is 12.1 Å². The first kappa shape index (κ1) is 19.8. The number of hydrogen-bond acceptors (Lipinski definition) is 5. The Morgan fingerprint density at radius 1 is 1.12 bits per heavy atom. The number of sulfonamides is 1. The average molecular weight is 356 g/mol. The molecule has 0 fully saturated rings. The Labute approximate surface area is 140 Å². The van der Waals surface area contributed by atoms with Gasteiger partial charge in [-0.15, -0.1) is 0 Å². The summed E-state index contributed by atoms with van der Waals surface area (Å²) in [4.78, 5) is 33.1. The Kier molecular flexibility index (Phi) is 7.53. The van der Waals surface area contributed by atoms with Crippen molar-refractivity contribution in [3.8, 4) is 0 Å². The standard InChI is InChI=1S/C15H20N2O6S/c1-11(18)12-4-2-5-13(10-12)24(22,23)17-9-7-14(19)16-8-3-6-15(20)21/h2,4-5,10,17H,3,6-9H2,1H3,(H,16,19)(H,20,21). The molecule has 0 bridgehead atoms.